The highest BCUT2D eigenvalue weighted by Gasteiger charge is 2.16. The summed E-state index contributed by atoms with van der Waals surface area (Å²) < 4.78 is 16.0. The van der Waals surface area contributed by atoms with Gasteiger partial charge in [0.25, 0.3) is 5.69 Å². The third-order valence-corrected chi connectivity index (χ3v) is 2.75. The molecule has 0 aliphatic carbocycles. The van der Waals surface area contributed by atoms with Crippen molar-refractivity contribution in [1.82, 2.24) is 5.32 Å². The van der Waals surface area contributed by atoms with Gasteiger partial charge in [-0.25, -0.2) is 0 Å². The van der Waals surface area contributed by atoms with E-state index in [4.69, 9.17) is 14.2 Å². The third-order valence-electron chi connectivity index (χ3n) is 2.75. The van der Waals surface area contributed by atoms with Crippen molar-refractivity contribution in [3.63, 3.8) is 0 Å². The summed E-state index contributed by atoms with van der Waals surface area (Å²) in [6.45, 7) is 2.54. The summed E-state index contributed by atoms with van der Waals surface area (Å²) in [5.74, 6) is 0.798. The number of nitrogens with zero attached hydrogens (tertiary/aromatic N) is 1. The maximum Gasteiger partial charge on any atom is 0.276 e. The number of non-ortho nitro benzene ring substituents is 1. The van der Waals surface area contributed by atoms with Gasteiger partial charge in [-0.3, -0.25) is 10.1 Å². The summed E-state index contributed by atoms with van der Waals surface area (Å²) in [4.78, 5) is 10.3. The molecular formula is C12H16N2O5. The molecule has 7 heteroatoms. The van der Waals surface area contributed by atoms with E-state index in [2.05, 4.69) is 5.32 Å². The number of hydrogen-bond acceptors (Lipinski definition) is 6. The molecule has 19 heavy (non-hydrogen) atoms. The van der Waals surface area contributed by atoms with Crippen LogP contribution in [0.3, 0.4) is 0 Å². The molecule has 0 radical (unpaired) electrons. The Balaban J connectivity index is 2.02. The summed E-state index contributed by atoms with van der Waals surface area (Å²) in [5.41, 5.74) is -0.0583. The number of hydrogen-bond donors (Lipinski definition) is 1. The molecule has 1 saturated heterocycles. The Morgan fingerprint density at radius 2 is 2.26 bits per heavy atom. The highest BCUT2D eigenvalue weighted by Crippen LogP contribution is 2.27. The van der Waals surface area contributed by atoms with Crippen LogP contribution in [0.1, 0.15) is 0 Å². The summed E-state index contributed by atoms with van der Waals surface area (Å²) >= 11 is 0. The normalized spacial score (nSPS) is 18.9. The number of nitro benzene ring substituents is 1. The van der Waals surface area contributed by atoms with Crippen LogP contribution in [0.15, 0.2) is 18.2 Å². The molecule has 1 aromatic rings. The summed E-state index contributed by atoms with van der Waals surface area (Å²) in [5, 5.41) is 14.0. The van der Waals surface area contributed by atoms with Crippen molar-refractivity contribution in [3.05, 3.63) is 28.3 Å². The van der Waals surface area contributed by atoms with Gasteiger partial charge in [-0.2, -0.15) is 0 Å². The molecule has 1 aliphatic heterocycles. The van der Waals surface area contributed by atoms with Gasteiger partial charge in [0, 0.05) is 19.2 Å². The highest BCUT2D eigenvalue weighted by atomic mass is 16.6. The van der Waals surface area contributed by atoms with Crippen molar-refractivity contribution in [2.45, 2.75) is 6.10 Å². The molecule has 2 rings (SSSR count). The van der Waals surface area contributed by atoms with E-state index in [0.29, 0.717) is 31.3 Å². The lowest BCUT2D eigenvalue weighted by atomic mass is 10.3. The average molecular weight is 268 g/mol. The largest absolute Gasteiger partial charge is 0.496 e. The lowest BCUT2D eigenvalue weighted by molar-refractivity contribution is -0.385. The lowest BCUT2D eigenvalue weighted by Crippen LogP contribution is -2.41. The second kappa shape index (κ2) is 6.35. The van der Waals surface area contributed by atoms with E-state index in [1.807, 2.05) is 0 Å². The fourth-order valence-electron chi connectivity index (χ4n) is 1.78. The van der Waals surface area contributed by atoms with Crippen molar-refractivity contribution >= 4 is 5.69 Å². The van der Waals surface area contributed by atoms with Crippen LogP contribution in [0.2, 0.25) is 0 Å². The van der Waals surface area contributed by atoms with Crippen LogP contribution in [0, 0.1) is 10.1 Å². The van der Waals surface area contributed by atoms with Gasteiger partial charge in [0.05, 0.1) is 30.8 Å². The second-order valence-corrected chi connectivity index (χ2v) is 4.13. The SMILES string of the molecule is COc1cc(OCC2CNCCO2)cc([N+](=O)[O-])c1. The van der Waals surface area contributed by atoms with Gasteiger partial charge in [0.2, 0.25) is 0 Å². The van der Waals surface area contributed by atoms with E-state index < -0.39 is 4.92 Å². The van der Waals surface area contributed by atoms with Crippen molar-refractivity contribution in [2.24, 2.45) is 0 Å². The maximum absolute atomic E-state index is 10.8. The minimum Gasteiger partial charge on any atom is -0.496 e. The first-order valence-corrected chi connectivity index (χ1v) is 5.97. The quantitative estimate of drug-likeness (QED) is 0.633. The Labute approximate surface area is 110 Å². The molecular weight excluding hydrogens is 252 g/mol. The molecule has 1 aliphatic rings. The van der Waals surface area contributed by atoms with Crippen LogP contribution in [-0.4, -0.2) is 44.4 Å². The molecule has 1 unspecified atom stereocenters. The minimum atomic E-state index is -0.478. The predicted molar refractivity (Wildman–Crippen MR) is 67.8 cm³/mol. The molecule has 1 fully saturated rings. The van der Waals surface area contributed by atoms with Gasteiger partial charge in [-0.1, -0.05) is 0 Å². The fraction of sp³-hybridized carbons (Fsp3) is 0.500. The summed E-state index contributed by atoms with van der Waals surface area (Å²) in [7, 11) is 1.46. The molecule has 0 aromatic heterocycles. The van der Waals surface area contributed by atoms with Crippen molar-refractivity contribution < 1.29 is 19.1 Å². The number of methoxy groups -OCH3 is 1. The highest BCUT2D eigenvalue weighted by molar-refractivity contribution is 5.46. The van der Waals surface area contributed by atoms with Crippen molar-refractivity contribution in [1.29, 1.82) is 0 Å². The molecule has 104 valence electrons. The Kier molecular flexibility index (Phi) is 4.53. The fourth-order valence-corrected chi connectivity index (χ4v) is 1.78. The number of benzene rings is 1. The van der Waals surface area contributed by atoms with E-state index in [1.54, 1.807) is 6.07 Å². The molecule has 7 nitrogen and oxygen atoms in total. The molecule has 1 heterocycles. The van der Waals surface area contributed by atoms with Crippen LogP contribution in [0.5, 0.6) is 11.5 Å². The third kappa shape index (κ3) is 3.80. The topological polar surface area (TPSA) is 82.9 Å². The number of rotatable bonds is 5. The van der Waals surface area contributed by atoms with Crippen LogP contribution < -0.4 is 14.8 Å². The van der Waals surface area contributed by atoms with E-state index in [-0.39, 0.29) is 11.8 Å². The molecule has 0 amide bonds. The molecule has 1 N–H and O–H groups in total. The first kappa shape index (κ1) is 13.6. The first-order chi connectivity index (χ1) is 9.19. The molecule has 0 bridgehead atoms. The number of ether oxygens (including phenoxy) is 3. The van der Waals surface area contributed by atoms with Gasteiger partial charge in [0.15, 0.2) is 0 Å². The molecule has 1 aromatic carbocycles. The zero-order valence-electron chi connectivity index (χ0n) is 10.6. The minimum absolute atomic E-state index is 0.0426. The lowest BCUT2D eigenvalue weighted by Gasteiger charge is -2.23. The van der Waals surface area contributed by atoms with E-state index >= 15 is 0 Å². The van der Waals surface area contributed by atoms with Crippen molar-refractivity contribution in [2.75, 3.05) is 33.4 Å². The Morgan fingerprint density at radius 1 is 1.47 bits per heavy atom. The van der Waals surface area contributed by atoms with Gasteiger partial charge in [-0.05, 0) is 0 Å². The standard InChI is InChI=1S/C12H16N2O5/c1-17-10-4-9(14(15)16)5-11(6-10)19-8-12-7-13-2-3-18-12/h4-6,12-13H,2-3,7-8H2,1H3. The van der Waals surface area contributed by atoms with Crippen LogP contribution in [-0.2, 0) is 4.74 Å². The average Bonchev–Trinajstić information content (AvgIpc) is 2.45. The van der Waals surface area contributed by atoms with Gasteiger partial charge >= 0.3 is 0 Å². The van der Waals surface area contributed by atoms with Crippen LogP contribution in [0.25, 0.3) is 0 Å². The van der Waals surface area contributed by atoms with E-state index in [1.165, 1.54) is 19.2 Å². The Hall–Kier alpha value is -1.86. The van der Waals surface area contributed by atoms with E-state index in [9.17, 15) is 10.1 Å². The van der Waals surface area contributed by atoms with Crippen LogP contribution >= 0.6 is 0 Å². The Bertz CT molecular complexity index is 446. The molecule has 0 spiro atoms. The monoisotopic (exact) mass is 268 g/mol. The smallest absolute Gasteiger partial charge is 0.276 e. The summed E-state index contributed by atoms with van der Waals surface area (Å²) in [6.07, 6.45) is -0.0426. The zero-order chi connectivity index (χ0) is 13.7. The number of nitrogens with one attached hydrogen (secondary N) is 1. The van der Waals surface area contributed by atoms with Gasteiger partial charge in [-0.15, -0.1) is 0 Å². The molecule has 1 atom stereocenters. The number of nitro groups is 1. The number of morpholine rings is 1. The first-order valence-electron chi connectivity index (χ1n) is 5.97. The van der Waals surface area contributed by atoms with Gasteiger partial charge in [0.1, 0.15) is 24.2 Å². The van der Waals surface area contributed by atoms with Gasteiger partial charge < -0.3 is 19.5 Å². The van der Waals surface area contributed by atoms with Crippen LogP contribution in [0.4, 0.5) is 5.69 Å². The zero-order valence-corrected chi connectivity index (χ0v) is 10.6. The van der Waals surface area contributed by atoms with Crippen molar-refractivity contribution in [3.8, 4) is 11.5 Å². The summed E-state index contributed by atoms with van der Waals surface area (Å²) in [6, 6.07) is 4.34. The Morgan fingerprint density at radius 3 is 2.89 bits per heavy atom. The van der Waals surface area contributed by atoms with E-state index in [0.717, 1.165) is 6.54 Å². The second-order valence-electron chi connectivity index (χ2n) is 4.13. The predicted octanol–water partition coefficient (Wildman–Crippen LogP) is 0.971. The maximum atomic E-state index is 10.8. The molecule has 0 saturated carbocycles.